The van der Waals surface area contributed by atoms with Gasteiger partial charge in [0.2, 0.25) is 0 Å². The molecular weight excluding hydrogens is 499 g/mol. The molecule has 0 aliphatic carbocycles. The van der Waals surface area contributed by atoms with E-state index in [1.165, 1.54) is 6.42 Å². The summed E-state index contributed by atoms with van der Waals surface area (Å²) in [6.45, 7) is 10.5. The van der Waals surface area contributed by atoms with E-state index < -0.39 is 0 Å². The Morgan fingerprint density at radius 3 is 2.78 bits per heavy atom. The lowest BCUT2D eigenvalue weighted by molar-refractivity contribution is -0.145. The maximum Gasteiger partial charge on any atom is 0.320 e. The fraction of sp³-hybridized carbons (Fsp3) is 0.538. The SMILES string of the molecule is CCOC(=O)CN1CCC[C@@H](C2CN(c3cnc4c(C)nn(C(C)c5ccc(Cl)cc5Cl)c4n3)C2)C1. The first-order valence-electron chi connectivity index (χ1n) is 12.6. The van der Waals surface area contributed by atoms with E-state index in [-0.39, 0.29) is 12.0 Å². The minimum atomic E-state index is -0.127. The highest BCUT2D eigenvalue weighted by molar-refractivity contribution is 6.35. The van der Waals surface area contributed by atoms with Crippen LogP contribution in [0, 0.1) is 18.8 Å². The van der Waals surface area contributed by atoms with Crippen LogP contribution >= 0.6 is 23.2 Å². The quantitative estimate of drug-likeness (QED) is 0.407. The molecule has 10 heteroatoms. The highest BCUT2D eigenvalue weighted by atomic mass is 35.5. The fourth-order valence-corrected chi connectivity index (χ4v) is 6.01. The summed E-state index contributed by atoms with van der Waals surface area (Å²) in [5.41, 5.74) is 3.33. The molecule has 2 atom stereocenters. The number of nitrogens with zero attached hydrogens (tertiary/aromatic N) is 6. The number of carbonyl (C=O) groups is 1. The fourth-order valence-electron chi connectivity index (χ4n) is 5.44. The molecule has 36 heavy (non-hydrogen) atoms. The molecule has 0 radical (unpaired) electrons. The molecule has 0 amide bonds. The first-order valence-corrected chi connectivity index (χ1v) is 13.4. The van der Waals surface area contributed by atoms with E-state index in [1.807, 2.05) is 36.9 Å². The van der Waals surface area contributed by atoms with Crippen molar-refractivity contribution in [2.24, 2.45) is 11.8 Å². The maximum atomic E-state index is 11.9. The number of fused-ring (bicyclic) bond motifs is 1. The van der Waals surface area contributed by atoms with E-state index >= 15 is 0 Å². The Hall–Kier alpha value is -2.42. The van der Waals surface area contributed by atoms with Crippen LogP contribution in [-0.4, -0.2) is 69.9 Å². The Kier molecular flexibility index (Phi) is 7.37. The van der Waals surface area contributed by atoms with Gasteiger partial charge in [-0.3, -0.25) is 9.69 Å². The molecule has 2 fully saturated rings. The van der Waals surface area contributed by atoms with Crippen LogP contribution in [0.1, 0.15) is 44.0 Å². The molecule has 4 heterocycles. The first-order chi connectivity index (χ1) is 17.3. The summed E-state index contributed by atoms with van der Waals surface area (Å²) < 4.78 is 7.04. The second kappa shape index (κ2) is 10.5. The zero-order valence-corrected chi connectivity index (χ0v) is 22.5. The Morgan fingerprint density at radius 2 is 2.03 bits per heavy atom. The van der Waals surface area contributed by atoms with Gasteiger partial charge in [0.15, 0.2) is 5.65 Å². The standard InChI is InChI=1S/C26H32Cl2N6O2/c1-4-36-24(35)15-32-9-5-6-18(12-32)19-13-33(14-19)23-11-29-25-16(2)31-34(26(25)30-23)17(3)21-8-7-20(27)10-22(21)28/h7-8,10-11,17-19H,4-6,9,12-15H2,1-3H3/t17?,18-/m1/s1. The van der Waals surface area contributed by atoms with E-state index in [4.69, 9.17) is 43.0 Å². The van der Waals surface area contributed by atoms with Gasteiger partial charge in [0.05, 0.1) is 31.1 Å². The van der Waals surface area contributed by atoms with E-state index in [1.54, 1.807) is 6.07 Å². The lowest BCUT2D eigenvalue weighted by atomic mass is 9.80. The largest absolute Gasteiger partial charge is 0.465 e. The second-order valence-electron chi connectivity index (χ2n) is 9.88. The lowest BCUT2D eigenvalue weighted by Gasteiger charge is -2.46. The summed E-state index contributed by atoms with van der Waals surface area (Å²) in [5.74, 6) is 1.92. The normalized spacial score (nSPS) is 19.9. The number of hydrogen-bond donors (Lipinski definition) is 0. The average molecular weight is 531 g/mol. The Labute approximate surface area is 221 Å². The molecule has 8 nitrogen and oxygen atoms in total. The van der Waals surface area contributed by atoms with Crippen molar-refractivity contribution < 1.29 is 9.53 Å². The number of esters is 1. The van der Waals surface area contributed by atoms with Gasteiger partial charge in [-0.2, -0.15) is 5.10 Å². The number of hydrogen-bond acceptors (Lipinski definition) is 7. The summed E-state index contributed by atoms with van der Waals surface area (Å²) in [6.07, 6.45) is 4.18. The monoisotopic (exact) mass is 530 g/mol. The van der Waals surface area contributed by atoms with Crippen molar-refractivity contribution in [3.63, 3.8) is 0 Å². The van der Waals surface area contributed by atoms with Crippen molar-refractivity contribution in [2.75, 3.05) is 44.2 Å². The molecule has 5 rings (SSSR count). The third kappa shape index (κ3) is 5.04. The topological polar surface area (TPSA) is 76.4 Å². The number of halogens is 2. The first kappa shape index (κ1) is 25.2. The van der Waals surface area contributed by atoms with Crippen LogP contribution < -0.4 is 4.90 Å². The smallest absolute Gasteiger partial charge is 0.320 e. The predicted octanol–water partition coefficient (Wildman–Crippen LogP) is 4.76. The van der Waals surface area contributed by atoms with Gasteiger partial charge < -0.3 is 9.64 Å². The number of piperidine rings is 1. The Morgan fingerprint density at radius 1 is 1.22 bits per heavy atom. The molecule has 2 aromatic heterocycles. The molecule has 1 unspecified atom stereocenters. The van der Waals surface area contributed by atoms with E-state index in [0.29, 0.717) is 35.0 Å². The van der Waals surface area contributed by atoms with Crippen molar-refractivity contribution >= 4 is 46.2 Å². The highest BCUT2D eigenvalue weighted by Crippen LogP contribution is 2.35. The van der Waals surface area contributed by atoms with Crippen molar-refractivity contribution in [1.82, 2.24) is 24.6 Å². The molecule has 2 saturated heterocycles. The van der Waals surface area contributed by atoms with Crippen molar-refractivity contribution in [3.05, 3.63) is 45.7 Å². The third-order valence-electron chi connectivity index (χ3n) is 7.44. The van der Waals surface area contributed by atoms with Crippen LogP contribution in [0.2, 0.25) is 10.0 Å². The molecule has 2 aliphatic rings. The van der Waals surface area contributed by atoms with Gasteiger partial charge in [-0.1, -0.05) is 29.3 Å². The molecule has 2 aliphatic heterocycles. The van der Waals surface area contributed by atoms with Gasteiger partial charge in [-0.05, 0) is 69.7 Å². The van der Waals surface area contributed by atoms with Gasteiger partial charge in [-0.15, -0.1) is 0 Å². The molecule has 1 aromatic carbocycles. The molecular formula is C26H32Cl2N6O2. The Balaban J connectivity index is 1.29. The van der Waals surface area contributed by atoms with Crippen LogP contribution in [0.4, 0.5) is 5.82 Å². The number of carbonyl (C=O) groups excluding carboxylic acids is 1. The van der Waals surface area contributed by atoms with Crippen LogP contribution in [0.5, 0.6) is 0 Å². The number of likely N-dealkylation sites (tertiary alicyclic amines) is 1. The molecule has 192 valence electrons. The average Bonchev–Trinajstić information content (AvgIpc) is 3.14. The molecule has 0 saturated carbocycles. The van der Waals surface area contributed by atoms with Gasteiger partial charge in [-0.25, -0.2) is 14.6 Å². The van der Waals surface area contributed by atoms with E-state index in [2.05, 4.69) is 16.7 Å². The maximum absolute atomic E-state index is 11.9. The summed E-state index contributed by atoms with van der Waals surface area (Å²) in [6, 6.07) is 5.41. The zero-order chi connectivity index (χ0) is 25.4. The minimum absolute atomic E-state index is 0.118. The van der Waals surface area contributed by atoms with Crippen molar-refractivity contribution in [2.45, 2.75) is 39.7 Å². The van der Waals surface area contributed by atoms with Crippen LogP contribution in [0.3, 0.4) is 0 Å². The summed E-state index contributed by atoms with van der Waals surface area (Å²) in [7, 11) is 0. The van der Waals surface area contributed by atoms with Gasteiger partial charge >= 0.3 is 5.97 Å². The second-order valence-corrected chi connectivity index (χ2v) is 10.7. The Bertz CT molecular complexity index is 1260. The number of benzene rings is 1. The van der Waals surface area contributed by atoms with Gasteiger partial charge in [0.25, 0.3) is 0 Å². The van der Waals surface area contributed by atoms with Crippen molar-refractivity contribution in [3.8, 4) is 0 Å². The molecule has 3 aromatic rings. The lowest BCUT2D eigenvalue weighted by Crippen LogP contribution is -2.54. The molecule has 0 N–H and O–H groups in total. The van der Waals surface area contributed by atoms with Crippen LogP contribution in [0.25, 0.3) is 11.2 Å². The number of rotatable bonds is 7. The zero-order valence-electron chi connectivity index (χ0n) is 21.0. The number of aromatic nitrogens is 4. The number of aryl methyl sites for hydroxylation is 1. The van der Waals surface area contributed by atoms with Crippen molar-refractivity contribution in [1.29, 1.82) is 0 Å². The summed E-state index contributed by atoms with van der Waals surface area (Å²) in [4.78, 5) is 26.1. The highest BCUT2D eigenvalue weighted by Gasteiger charge is 2.37. The molecule has 0 bridgehead atoms. The van der Waals surface area contributed by atoms with Crippen LogP contribution in [0.15, 0.2) is 24.4 Å². The summed E-state index contributed by atoms with van der Waals surface area (Å²) in [5, 5.41) is 5.96. The van der Waals surface area contributed by atoms with Crippen LogP contribution in [-0.2, 0) is 9.53 Å². The summed E-state index contributed by atoms with van der Waals surface area (Å²) >= 11 is 12.6. The third-order valence-corrected chi connectivity index (χ3v) is 8.00. The molecule has 0 spiro atoms. The van der Waals surface area contributed by atoms with E-state index in [0.717, 1.165) is 60.8 Å². The number of anilines is 1. The van der Waals surface area contributed by atoms with E-state index in [9.17, 15) is 4.79 Å². The minimum Gasteiger partial charge on any atom is -0.465 e. The predicted molar refractivity (Wildman–Crippen MR) is 142 cm³/mol. The van der Waals surface area contributed by atoms with Gasteiger partial charge in [0.1, 0.15) is 11.3 Å². The van der Waals surface area contributed by atoms with Gasteiger partial charge in [0, 0.05) is 29.7 Å². The number of ether oxygens (including phenoxy) is 1.